The van der Waals surface area contributed by atoms with Crippen molar-refractivity contribution in [3.05, 3.63) is 59.2 Å². The number of aromatic nitrogens is 3. The third-order valence-electron chi connectivity index (χ3n) is 5.48. The van der Waals surface area contributed by atoms with Gasteiger partial charge in [-0.1, -0.05) is 6.07 Å². The molecule has 2 aromatic heterocycles. The first-order valence-electron chi connectivity index (χ1n) is 10.4. The van der Waals surface area contributed by atoms with Crippen LogP contribution in [-0.2, 0) is 29.9 Å². The van der Waals surface area contributed by atoms with Crippen molar-refractivity contribution in [2.45, 2.75) is 25.7 Å². The smallest absolute Gasteiger partial charge is 0.277 e. The van der Waals surface area contributed by atoms with Crippen molar-refractivity contribution in [3.8, 4) is 0 Å². The third kappa shape index (κ3) is 5.29. The summed E-state index contributed by atoms with van der Waals surface area (Å²) in [7, 11) is -0.793. The number of sulfonamides is 1. The number of aliphatic imine (C=N–C) groups is 1. The lowest BCUT2D eigenvalue weighted by atomic mass is 10.1. The van der Waals surface area contributed by atoms with Crippen LogP contribution in [0.5, 0.6) is 0 Å². The van der Waals surface area contributed by atoms with E-state index in [1.54, 1.807) is 30.1 Å². The Morgan fingerprint density at radius 1 is 1.09 bits per heavy atom. The van der Waals surface area contributed by atoms with Gasteiger partial charge in [0.2, 0.25) is 10.0 Å². The highest BCUT2D eigenvalue weighted by atomic mass is 32.2. The van der Waals surface area contributed by atoms with Gasteiger partial charge >= 0.3 is 0 Å². The highest BCUT2D eigenvalue weighted by molar-refractivity contribution is 7.92. The monoisotopic (exact) mass is 510 g/mol. The van der Waals surface area contributed by atoms with Crippen LogP contribution in [0.2, 0.25) is 0 Å². The number of anilines is 3. The van der Waals surface area contributed by atoms with E-state index < -0.39 is 22.9 Å². The molecule has 0 atom stereocenters. The van der Waals surface area contributed by atoms with E-state index in [1.165, 1.54) is 13.1 Å². The maximum atomic E-state index is 13.4. The minimum absolute atomic E-state index is 0.0294. The Balaban J connectivity index is 1.80. The Bertz CT molecular complexity index is 1400. The predicted molar refractivity (Wildman–Crippen MR) is 125 cm³/mol. The van der Waals surface area contributed by atoms with Crippen molar-refractivity contribution in [3.63, 3.8) is 0 Å². The first kappa shape index (κ1) is 24.6. The number of aryl methyl sites for hydroxylation is 1. The topological polar surface area (TPSA) is 92.5 Å². The summed E-state index contributed by atoms with van der Waals surface area (Å²) in [5.41, 5.74) is 1.50. The van der Waals surface area contributed by atoms with E-state index in [-0.39, 0.29) is 34.8 Å². The summed E-state index contributed by atoms with van der Waals surface area (Å²) in [4.78, 5) is 8.52. The summed E-state index contributed by atoms with van der Waals surface area (Å²) in [5, 5.41) is 7.32. The lowest BCUT2D eigenvalue weighted by Gasteiger charge is -2.22. The number of nitrogens with one attached hydrogen (secondary N) is 1. The molecule has 13 heteroatoms. The molecule has 1 aliphatic rings. The Morgan fingerprint density at radius 2 is 1.83 bits per heavy atom. The van der Waals surface area contributed by atoms with Crippen molar-refractivity contribution in [2.24, 2.45) is 12.0 Å². The molecule has 0 bridgehead atoms. The second-order valence-electron chi connectivity index (χ2n) is 8.13. The SMILES string of the molecule is CN(c1cc(C(F)F)ccc1Nc1cc(Cc2ccn(C)n2)nc2c1N=C(C(F)F)C2)S(C)(=O)=O. The van der Waals surface area contributed by atoms with Crippen LogP contribution < -0.4 is 9.62 Å². The largest absolute Gasteiger partial charge is 0.352 e. The fourth-order valence-electron chi connectivity index (χ4n) is 3.68. The van der Waals surface area contributed by atoms with Gasteiger partial charge in [0.05, 0.1) is 40.4 Å². The van der Waals surface area contributed by atoms with E-state index in [0.717, 1.165) is 22.7 Å². The number of rotatable bonds is 8. The maximum Gasteiger partial charge on any atom is 0.277 e. The first-order chi connectivity index (χ1) is 16.4. The molecule has 0 unspecified atom stereocenters. The molecule has 8 nitrogen and oxygen atoms in total. The van der Waals surface area contributed by atoms with Gasteiger partial charge in [-0.25, -0.2) is 31.0 Å². The second kappa shape index (κ2) is 9.29. The van der Waals surface area contributed by atoms with Gasteiger partial charge in [-0.15, -0.1) is 0 Å². The molecule has 3 heterocycles. The van der Waals surface area contributed by atoms with Crippen molar-refractivity contribution in [2.75, 3.05) is 22.9 Å². The fourth-order valence-corrected chi connectivity index (χ4v) is 4.19. The van der Waals surface area contributed by atoms with Crippen LogP contribution in [0.3, 0.4) is 0 Å². The van der Waals surface area contributed by atoms with E-state index in [0.29, 0.717) is 29.2 Å². The van der Waals surface area contributed by atoms with Gasteiger partial charge < -0.3 is 5.32 Å². The van der Waals surface area contributed by atoms with Gasteiger partial charge in [-0.2, -0.15) is 5.10 Å². The number of hydrogen-bond acceptors (Lipinski definition) is 6. The van der Waals surface area contributed by atoms with Crippen LogP contribution in [0.1, 0.15) is 29.1 Å². The standard InChI is InChI=1S/C22H22F4N6O2S/c1-31-7-6-13(30-31)9-14-10-16(20-17(27-14)11-18(29-20)22(25)26)28-15-5-4-12(21(23)24)8-19(15)32(2)35(3,33)34/h4-8,10,21-22H,9,11H2,1-3H3,(H,27,28). The molecule has 0 amide bonds. The van der Waals surface area contributed by atoms with Gasteiger partial charge in [0, 0.05) is 44.4 Å². The Morgan fingerprint density at radius 3 is 2.43 bits per heavy atom. The minimum Gasteiger partial charge on any atom is -0.352 e. The zero-order chi connectivity index (χ0) is 25.5. The number of pyridine rings is 1. The van der Waals surface area contributed by atoms with Crippen molar-refractivity contribution in [1.82, 2.24) is 14.8 Å². The molecule has 0 aliphatic carbocycles. The summed E-state index contributed by atoms with van der Waals surface area (Å²) in [6, 6.07) is 6.95. The summed E-state index contributed by atoms with van der Waals surface area (Å²) in [6.07, 6.45) is -2.71. The Hall–Kier alpha value is -3.48. The van der Waals surface area contributed by atoms with Crippen LogP contribution in [-0.4, -0.2) is 48.6 Å². The molecular formula is C22H22F4N6O2S. The molecule has 3 aromatic rings. The van der Waals surface area contributed by atoms with Crippen LogP contribution in [0.4, 0.5) is 40.3 Å². The van der Waals surface area contributed by atoms with Crippen LogP contribution in [0.15, 0.2) is 41.5 Å². The van der Waals surface area contributed by atoms with Crippen molar-refractivity contribution in [1.29, 1.82) is 0 Å². The van der Waals surface area contributed by atoms with Crippen molar-refractivity contribution < 1.29 is 26.0 Å². The first-order valence-corrected chi connectivity index (χ1v) is 12.3. The van der Waals surface area contributed by atoms with Gasteiger partial charge in [-0.3, -0.25) is 14.0 Å². The number of hydrogen-bond donors (Lipinski definition) is 1. The molecular weight excluding hydrogens is 488 g/mol. The van der Waals surface area contributed by atoms with Crippen molar-refractivity contribution >= 4 is 38.5 Å². The molecule has 186 valence electrons. The summed E-state index contributed by atoms with van der Waals surface area (Å²) >= 11 is 0. The highest BCUT2D eigenvalue weighted by Gasteiger charge is 2.27. The van der Waals surface area contributed by atoms with Gasteiger partial charge in [0.25, 0.3) is 12.9 Å². The van der Waals surface area contributed by atoms with E-state index in [1.807, 2.05) is 0 Å². The molecule has 35 heavy (non-hydrogen) atoms. The summed E-state index contributed by atoms with van der Waals surface area (Å²) in [6.45, 7) is 0. The molecule has 1 aromatic carbocycles. The lowest BCUT2D eigenvalue weighted by molar-refractivity contribution is 0.151. The minimum atomic E-state index is -3.79. The zero-order valence-electron chi connectivity index (χ0n) is 19.0. The van der Waals surface area contributed by atoms with E-state index >= 15 is 0 Å². The molecule has 0 spiro atoms. The van der Waals surface area contributed by atoms with Gasteiger partial charge in [0.15, 0.2) is 0 Å². The molecule has 0 saturated carbocycles. The summed E-state index contributed by atoms with van der Waals surface area (Å²) < 4.78 is 80.3. The Kier molecular flexibility index (Phi) is 6.54. The molecule has 0 fully saturated rings. The molecule has 0 radical (unpaired) electrons. The lowest BCUT2D eigenvalue weighted by Crippen LogP contribution is -2.25. The summed E-state index contributed by atoms with van der Waals surface area (Å²) in [5.74, 6) is 0. The van der Waals surface area contributed by atoms with E-state index in [4.69, 9.17) is 0 Å². The average molecular weight is 511 g/mol. The number of nitrogens with zero attached hydrogens (tertiary/aromatic N) is 5. The number of alkyl halides is 4. The number of halogens is 4. The van der Waals surface area contributed by atoms with Crippen LogP contribution >= 0.6 is 0 Å². The quantitative estimate of drug-likeness (QED) is 0.454. The molecule has 1 N–H and O–H groups in total. The Labute approximate surface area is 199 Å². The third-order valence-corrected chi connectivity index (χ3v) is 6.68. The van der Waals surface area contributed by atoms with Crippen LogP contribution in [0, 0.1) is 0 Å². The van der Waals surface area contributed by atoms with E-state index in [2.05, 4.69) is 20.4 Å². The normalized spacial score (nSPS) is 13.3. The predicted octanol–water partition coefficient (Wildman–Crippen LogP) is 4.38. The molecule has 1 aliphatic heterocycles. The maximum absolute atomic E-state index is 13.4. The van der Waals surface area contributed by atoms with Gasteiger partial charge in [0.1, 0.15) is 5.69 Å². The number of fused-ring (bicyclic) bond motifs is 1. The fraction of sp³-hybridized carbons (Fsp3) is 0.318. The average Bonchev–Trinajstić information content (AvgIpc) is 3.39. The highest BCUT2D eigenvalue weighted by Crippen LogP contribution is 2.40. The zero-order valence-corrected chi connectivity index (χ0v) is 19.8. The van der Waals surface area contributed by atoms with Gasteiger partial charge in [-0.05, 0) is 24.3 Å². The molecule has 4 rings (SSSR count). The number of benzene rings is 1. The second-order valence-corrected chi connectivity index (χ2v) is 10.1. The molecule has 0 saturated heterocycles. The van der Waals surface area contributed by atoms with Crippen LogP contribution in [0.25, 0.3) is 0 Å². The van der Waals surface area contributed by atoms with E-state index in [9.17, 15) is 26.0 Å².